The Morgan fingerprint density at radius 3 is 2.71 bits per heavy atom. The number of hydrogen-bond acceptors (Lipinski definition) is 4. The molecule has 116 valence electrons. The topological polar surface area (TPSA) is 82.5 Å². The van der Waals surface area contributed by atoms with Crippen molar-refractivity contribution in [2.45, 2.75) is 39.2 Å². The summed E-state index contributed by atoms with van der Waals surface area (Å²) in [5.74, 6) is -0.573. The van der Waals surface area contributed by atoms with Crippen LogP contribution in [0.4, 0.5) is 4.79 Å². The predicted molar refractivity (Wildman–Crippen MR) is 80.3 cm³/mol. The Labute approximate surface area is 128 Å². The lowest BCUT2D eigenvalue weighted by atomic mass is 9.94. The highest BCUT2D eigenvalue weighted by atomic mass is 32.1. The van der Waals surface area contributed by atoms with Crippen LogP contribution in [-0.2, 0) is 4.79 Å². The number of carbonyl (C=O) groups is 2. The molecule has 0 bridgehead atoms. The van der Waals surface area contributed by atoms with Crippen LogP contribution >= 0.6 is 11.3 Å². The van der Waals surface area contributed by atoms with Gasteiger partial charge in [0.1, 0.15) is 5.01 Å². The third-order valence-electron chi connectivity index (χ3n) is 3.71. The van der Waals surface area contributed by atoms with E-state index < -0.39 is 5.97 Å². The number of piperidine rings is 1. The van der Waals surface area contributed by atoms with Gasteiger partial charge in [-0.3, -0.25) is 4.79 Å². The van der Waals surface area contributed by atoms with Crippen LogP contribution in [0.15, 0.2) is 6.20 Å². The van der Waals surface area contributed by atoms with Crippen molar-refractivity contribution in [1.82, 2.24) is 15.2 Å². The predicted octanol–water partition coefficient (Wildman–Crippen LogP) is 2.41. The number of rotatable bonds is 4. The maximum absolute atomic E-state index is 12.2. The fraction of sp³-hybridized carbons (Fsp3) is 0.643. The lowest BCUT2D eigenvalue weighted by molar-refractivity contribution is -0.138. The monoisotopic (exact) mass is 311 g/mol. The average Bonchev–Trinajstić information content (AvgIpc) is 2.85. The van der Waals surface area contributed by atoms with Gasteiger partial charge in [-0.2, -0.15) is 0 Å². The van der Waals surface area contributed by atoms with Gasteiger partial charge in [-0.25, -0.2) is 9.78 Å². The minimum Gasteiger partial charge on any atom is -0.481 e. The van der Waals surface area contributed by atoms with Crippen LogP contribution in [0.3, 0.4) is 0 Å². The highest BCUT2D eigenvalue weighted by Gasteiger charge is 2.25. The minimum atomic E-state index is -0.759. The second-order valence-electron chi connectivity index (χ2n) is 5.51. The van der Waals surface area contributed by atoms with Crippen molar-refractivity contribution in [2.24, 2.45) is 5.92 Å². The van der Waals surface area contributed by atoms with Crippen LogP contribution in [-0.4, -0.2) is 40.1 Å². The molecule has 0 radical (unpaired) electrons. The van der Waals surface area contributed by atoms with E-state index >= 15 is 0 Å². The van der Waals surface area contributed by atoms with Crippen molar-refractivity contribution in [1.29, 1.82) is 0 Å². The maximum Gasteiger partial charge on any atom is 0.317 e. The number of hydrogen-bond donors (Lipinski definition) is 2. The highest BCUT2D eigenvalue weighted by molar-refractivity contribution is 7.11. The van der Waals surface area contributed by atoms with Gasteiger partial charge in [0.25, 0.3) is 0 Å². The Kier molecular flexibility index (Phi) is 5.17. The number of thiazole rings is 1. The van der Waals surface area contributed by atoms with E-state index in [9.17, 15) is 9.59 Å². The standard InChI is InChI=1S/C14H21N3O3S/c1-9-8-15-13(21-9)10(2)16-14(20)17-5-3-11(4-6-17)7-12(18)19/h8,10-11H,3-7H2,1-2H3,(H,16,20)(H,18,19). The van der Waals surface area contributed by atoms with Gasteiger partial charge in [0.15, 0.2) is 0 Å². The van der Waals surface area contributed by atoms with Crippen molar-refractivity contribution in [3.63, 3.8) is 0 Å². The molecule has 2 heterocycles. The lowest BCUT2D eigenvalue weighted by Gasteiger charge is -2.32. The number of nitrogens with zero attached hydrogens (tertiary/aromatic N) is 2. The molecule has 0 spiro atoms. The van der Waals surface area contributed by atoms with Crippen LogP contribution in [0.5, 0.6) is 0 Å². The fourth-order valence-corrected chi connectivity index (χ4v) is 3.27. The first-order valence-electron chi connectivity index (χ1n) is 7.15. The van der Waals surface area contributed by atoms with Gasteiger partial charge >= 0.3 is 12.0 Å². The van der Waals surface area contributed by atoms with Crippen molar-refractivity contribution >= 4 is 23.3 Å². The molecule has 1 aromatic rings. The van der Waals surface area contributed by atoms with Crippen LogP contribution in [0.25, 0.3) is 0 Å². The van der Waals surface area contributed by atoms with E-state index in [0.717, 1.165) is 22.7 Å². The van der Waals surface area contributed by atoms with Gasteiger partial charge in [-0.1, -0.05) is 0 Å². The number of amides is 2. The largest absolute Gasteiger partial charge is 0.481 e. The summed E-state index contributed by atoms with van der Waals surface area (Å²) in [6.07, 6.45) is 3.51. The molecule has 0 aliphatic carbocycles. The van der Waals surface area contributed by atoms with E-state index in [-0.39, 0.29) is 24.4 Å². The molecule has 0 saturated carbocycles. The van der Waals surface area contributed by atoms with E-state index in [2.05, 4.69) is 10.3 Å². The zero-order valence-corrected chi connectivity index (χ0v) is 13.2. The Morgan fingerprint density at radius 2 is 2.19 bits per heavy atom. The number of carboxylic acids is 1. The molecule has 1 saturated heterocycles. The van der Waals surface area contributed by atoms with E-state index in [1.54, 1.807) is 22.4 Å². The van der Waals surface area contributed by atoms with Crippen LogP contribution in [0, 0.1) is 12.8 Å². The minimum absolute atomic E-state index is 0.0934. The number of carbonyl (C=O) groups excluding carboxylic acids is 1. The van der Waals surface area contributed by atoms with Crippen molar-refractivity contribution in [3.8, 4) is 0 Å². The first-order valence-corrected chi connectivity index (χ1v) is 7.97. The van der Waals surface area contributed by atoms with Gasteiger partial charge in [-0.05, 0) is 32.6 Å². The van der Waals surface area contributed by atoms with E-state index in [1.165, 1.54) is 0 Å². The molecule has 0 aromatic carbocycles. The molecular weight excluding hydrogens is 290 g/mol. The summed E-state index contributed by atoms with van der Waals surface area (Å²) in [6, 6.07) is -0.197. The molecule has 1 aromatic heterocycles. The summed E-state index contributed by atoms with van der Waals surface area (Å²) in [6.45, 7) is 5.15. The number of likely N-dealkylation sites (tertiary alicyclic amines) is 1. The number of urea groups is 1. The van der Waals surface area contributed by atoms with E-state index in [4.69, 9.17) is 5.11 Å². The molecule has 1 atom stereocenters. The summed E-state index contributed by atoms with van der Waals surface area (Å²) in [7, 11) is 0. The second kappa shape index (κ2) is 6.89. The molecule has 1 fully saturated rings. The van der Waals surface area contributed by atoms with Crippen molar-refractivity contribution in [3.05, 3.63) is 16.1 Å². The molecule has 2 amide bonds. The zero-order chi connectivity index (χ0) is 15.4. The van der Waals surface area contributed by atoms with Crippen LogP contribution < -0.4 is 5.32 Å². The lowest BCUT2D eigenvalue weighted by Crippen LogP contribution is -2.45. The first kappa shape index (κ1) is 15.8. The summed E-state index contributed by atoms with van der Waals surface area (Å²) in [5.41, 5.74) is 0. The van der Waals surface area contributed by atoms with Crippen molar-refractivity contribution in [2.75, 3.05) is 13.1 Å². The van der Waals surface area contributed by atoms with Crippen LogP contribution in [0.1, 0.15) is 42.1 Å². The first-order chi connectivity index (χ1) is 9.95. The molecule has 1 unspecified atom stereocenters. The number of carboxylic acid groups (broad SMARTS) is 1. The fourth-order valence-electron chi connectivity index (χ4n) is 2.50. The van der Waals surface area contributed by atoms with E-state index in [1.807, 2.05) is 13.8 Å². The number of aryl methyl sites for hydroxylation is 1. The van der Waals surface area contributed by atoms with Gasteiger partial charge in [0, 0.05) is 30.6 Å². The molecule has 1 aliphatic heterocycles. The summed E-state index contributed by atoms with van der Waals surface area (Å²) >= 11 is 1.58. The molecule has 6 nitrogen and oxygen atoms in total. The van der Waals surface area contributed by atoms with Crippen molar-refractivity contribution < 1.29 is 14.7 Å². The molecule has 2 rings (SSSR count). The second-order valence-corrected chi connectivity index (χ2v) is 6.77. The SMILES string of the molecule is Cc1cnc(C(C)NC(=O)N2CCC(CC(=O)O)CC2)s1. The van der Waals surface area contributed by atoms with Gasteiger partial charge < -0.3 is 15.3 Å². The Balaban J connectivity index is 1.80. The quantitative estimate of drug-likeness (QED) is 0.894. The number of aromatic nitrogens is 1. The summed E-state index contributed by atoms with van der Waals surface area (Å²) < 4.78 is 0. The molecule has 7 heteroatoms. The van der Waals surface area contributed by atoms with Crippen LogP contribution in [0.2, 0.25) is 0 Å². The third kappa shape index (κ3) is 4.42. The Bertz CT molecular complexity index is 509. The number of nitrogens with one attached hydrogen (secondary N) is 1. The summed E-state index contributed by atoms with van der Waals surface area (Å²) in [4.78, 5) is 30.0. The highest BCUT2D eigenvalue weighted by Crippen LogP contribution is 2.22. The Morgan fingerprint density at radius 1 is 1.52 bits per heavy atom. The molecule has 21 heavy (non-hydrogen) atoms. The molecule has 2 N–H and O–H groups in total. The third-order valence-corrected chi connectivity index (χ3v) is 4.81. The summed E-state index contributed by atoms with van der Waals surface area (Å²) in [5, 5.41) is 12.6. The normalized spacial score (nSPS) is 17.5. The number of aliphatic carboxylic acids is 1. The van der Waals surface area contributed by atoms with Gasteiger partial charge in [-0.15, -0.1) is 11.3 Å². The van der Waals surface area contributed by atoms with E-state index in [0.29, 0.717) is 13.1 Å². The van der Waals surface area contributed by atoms with Gasteiger partial charge in [0.05, 0.1) is 6.04 Å². The molecule has 1 aliphatic rings. The maximum atomic E-state index is 12.2. The average molecular weight is 311 g/mol. The van der Waals surface area contributed by atoms with Gasteiger partial charge in [0.2, 0.25) is 0 Å². The Hall–Kier alpha value is -1.63. The smallest absolute Gasteiger partial charge is 0.317 e. The molecular formula is C14H21N3O3S. The zero-order valence-electron chi connectivity index (χ0n) is 12.3.